The molecular weight excluding hydrogens is 428 g/mol. The van der Waals surface area contributed by atoms with Crippen LogP contribution in [0.5, 0.6) is 0 Å². The minimum atomic E-state index is -1.09. The van der Waals surface area contributed by atoms with E-state index in [0.29, 0.717) is 6.61 Å². The van der Waals surface area contributed by atoms with Gasteiger partial charge in [0.25, 0.3) is 0 Å². The first-order valence-corrected chi connectivity index (χ1v) is 12.8. The molecule has 188 valence electrons. The van der Waals surface area contributed by atoms with Gasteiger partial charge in [0.05, 0.1) is 17.7 Å². The van der Waals surface area contributed by atoms with Gasteiger partial charge < -0.3 is 9.84 Å². The van der Waals surface area contributed by atoms with Gasteiger partial charge in [-0.25, -0.2) is 19.6 Å². The van der Waals surface area contributed by atoms with E-state index in [1.54, 1.807) is 24.5 Å². The molecule has 0 unspecified atom stereocenters. The normalized spacial score (nSPS) is 10.3. The summed E-state index contributed by atoms with van der Waals surface area (Å²) in [6.45, 7) is 4.74. The number of hydrogen-bond donors (Lipinski definition) is 1. The smallest absolute Gasteiger partial charge is 0.339 e. The molecule has 0 aliphatic heterocycles. The molecule has 0 spiro atoms. The second kappa shape index (κ2) is 19.7. The predicted octanol–water partition coefficient (Wildman–Crippen LogP) is 7.28. The number of aromatic nitrogens is 2. The van der Waals surface area contributed by atoms with Crippen LogP contribution in [0.3, 0.4) is 0 Å². The number of hydrogen-bond acceptors (Lipinski definition) is 5. The number of ether oxygens (including phenoxy) is 1. The quantitative estimate of drug-likeness (QED) is 0.205. The number of carboxylic acid groups (broad SMARTS) is 1. The summed E-state index contributed by atoms with van der Waals surface area (Å²) in [5, 5.41) is 9.39. The van der Waals surface area contributed by atoms with E-state index < -0.39 is 11.9 Å². The molecule has 0 amide bonds. The van der Waals surface area contributed by atoms with E-state index in [9.17, 15) is 14.7 Å². The van der Waals surface area contributed by atoms with Crippen LogP contribution in [0.4, 0.5) is 0 Å². The van der Waals surface area contributed by atoms with Crippen LogP contribution in [0.2, 0.25) is 0 Å². The van der Waals surface area contributed by atoms with Crippen molar-refractivity contribution < 1.29 is 19.4 Å². The largest absolute Gasteiger partial charge is 0.478 e. The highest BCUT2D eigenvalue weighted by molar-refractivity contribution is 6.02. The Bertz CT molecular complexity index is 770. The standard InChI is InChI=1S/C24H38O4.C4H4N2/c1-3-5-7-9-11-13-15-20-16-17-21(23(25)26)22(19-20)24(27)28-18-14-12-10-8-6-4-2;1-2-5-4-6-3-1/h16-17,19H,3-15,18H2,1-2H3,(H,25,26);1-4H. The van der Waals surface area contributed by atoms with Crippen molar-refractivity contribution in [3.8, 4) is 0 Å². The lowest BCUT2D eigenvalue weighted by Crippen LogP contribution is -2.13. The minimum absolute atomic E-state index is 0.0274. The van der Waals surface area contributed by atoms with Crippen LogP contribution in [0.15, 0.2) is 43.0 Å². The lowest BCUT2D eigenvalue weighted by Gasteiger charge is -2.10. The summed E-state index contributed by atoms with van der Waals surface area (Å²) in [6.07, 6.45) is 19.7. The van der Waals surface area contributed by atoms with Gasteiger partial charge in [-0.05, 0) is 43.0 Å². The molecule has 0 bridgehead atoms. The van der Waals surface area contributed by atoms with E-state index in [2.05, 4.69) is 23.8 Å². The molecule has 0 aliphatic rings. The van der Waals surface area contributed by atoms with Crippen molar-refractivity contribution in [2.24, 2.45) is 0 Å². The SMILES string of the molecule is CCCCCCCCOC(=O)c1cc(CCCCCCCC)ccc1C(=O)O.c1cncnc1. The molecule has 0 radical (unpaired) electrons. The van der Waals surface area contributed by atoms with Gasteiger partial charge in [0.15, 0.2) is 0 Å². The molecule has 6 heteroatoms. The zero-order valence-corrected chi connectivity index (χ0v) is 21.0. The van der Waals surface area contributed by atoms with Crippen molar-refractivity contribution in [2.75, 3.05) is 6.61 Å². The third kappa shape index (κ3) is 13.7. The van der Waals surface area contributed by atoms with Crippen molar-refractivity contribution in [1.82, 2.24) is 9.97 Å². The molecule has 6 nitrogen and oxygen atoms in total. The Morgan fingerprint density at radius 3 is 1.91 bits per heavy atom. The molecule has 1 aromatic carbocycles. The van der Waals surface area contributed by atoms with Gasteiger partial charge in [0.1, 0.15) is 6.33 Å². The second-order valence-corrected chi connectivity index (χ2v) is 8.51. The number of unbranched alkanes of at least 4 members (excludes halogenated alkanes) is 10. The Labute approximate surface area is 205 Å². The maximum absolute atomic E-state index is 12.4. The first-order chi connectivity index (χ1) is 16.6. The molecule has 0 fully saturated rings. The second-order valence-electron chi connectivity index (χ2n) is 8.51. The van der Waals surface area contributed by atoms with Crippen molar-refractivity contribution in [2.45, 2.75) is 97.3 Å². The van der Waals surface area contributed by atoms with Crippen molar-refractivity contribution >= 4 is 11.9 Å². The van der Waals surface area contributed by atoms with E-state index in [0.717, 1.165) is 37.7 Å². The highest BCUT2D eigenvalue weighted by Gasteiger charge is 2.18. The molecule has 1 N–H and O–H groups in total. The average Bonchev–Trinajstić information content (AvgIpc) is 2.86. The molecular formula is C28H42N2O4. The van der Waals surface area contributed by atoms with Crippen LogP contribution in [0, 0.1) is 0 Å². The number of carbonyl (C=O) groups excluding carboxylic acids is 1. The summed E-state index contributed by atoms with van der Waals surface area (Å²) < 4.78 is 5.35. The van der Waals surface area contributed by atoms with Gasteiger partial charge in [0, 0.05) is 12.4 Å². The number of esters is 1. The Morgan fingerprint density at radius 1 is 0.794 bits per heavy atom. The summed E-state index contributed by atoms with van der Waals surface area (Å²) in [4.78, 5) is 31.2. The highest BCUT2D eigenvalue weighted by Crippen LogP contribution is 2.17. The molecule has 1 aromatic heterocycles. The van der Waals surface area contributed by atoms with Crippen molar-refractivity contribution in [3.63, 3.8) is 0 Å². The van der Waals surface area contributed by atoms with Gasteiger partial charge in [-0.2, -0.15) is 0 Å². The maximum Gasteiger partial charge on any atom is 0.339 e. The highest BCUT2D eigenvalue weighted by atomic mass is 16.5. The first kappa shape index (κ1) is 29.3. The lowest BCUT2D eigenvalue weighted by molar-refractivity contribution is 0.0487. The summed E-state index contributed by atoms with van der Waals surface area (Å²) >= 11 is 0. The number of nitrogens with zero attached hydrogens (tertiary/aromatic N) is 2. The lowest BCUT2D eigenvalue weighted by atomic mass is 9.99. The molecule has 2 rings (SSSR count). The molecule has 34 heavy (non-hydrogen) atoms. The number of carboxylic acids is 1. The summed E-state index contributed by atoms with van der Waals surface area (Å²) in [6, 6.07) is 6.84. The molecule has 0 saturated carbocycles. The number of benzene rings is 1. The molecule has 1 heterocycles. The predicted molar refractivity (Wildman–Crippen MR) is 136 cm³/mol. The summed E-state index contributed by atoms with van der Waals surface area (Å²) in [5.41, 5.74) is 1.22. The van der Waals surface area contributed by atoms with Gasteiger partial charge in [-0.3, -0.25) is 0 Å². The van der Waals surface area contributed by atoms with Crippen LogP contribution in [0.25, 0.3) is 0 Å². The number of aromatic carboxylic acids is 1. The molecule has 0 saturated heterocycles. The third-order valence-corrected chi connectivity index (χ3v) is 5.56. The Kier molecular flexibility index (Phi) is 16.9. The maximum atomic E-state index is 12.4. The van der Waals surface area contributed by atoms with E-state index in [1.165, 1.54) is 63.8 Å². The molecule has 0 atom stereocenters. The van der Waals surface area contributed by atoms with Gasteiger partial charge in [-0.15, -0.1) is 0 Å². The van der Waals surface area contributed by atoms with E-state index in [1.807, 2.05) is 6.07 Å². The van der Waals surface area contributed by atoms with E-state index >= 15 is 0 Å². The Balaban J connectivity index is 0.000000830. The monoisotopic (exact) mass is 470 g/mol. The van der Waals surface area contributed by atoms with E-state index in [-0.39, 0.29) is 11.1 Å². The first-order valence-electron chi connectivity index (χ1n) is 12.8. The fourth-order valence-electron chi connectivity index (χ4n) is 3.59. The van der Waals surface area contributed by atoms with Crippen LogP contribution >= 0.6 is 0 Å². The Hall–Kier alpha value is -2.76. The average molecular weight is 471 g/mol. The third-order valence-electron chi connectivity index (χ3n) is 5.56. The molecule has 0 aliphatic carbocycles. The zero-order chi connectivity index (χ0) is 24.9. The fourth-order valence-corrected chi connectivity index (χ4v) is 3.59. The summed E-state index contributed by atoms with van der Waals surface area (Å²) in [5.74, 6) is -1.60. The summed E-state index contributed by atoms with van der Waals surface area (Å²) in [7, 11) is 0. The number of aryl methyl sites for hydroxylation is 1. The minimum Gasteiger partial charge on any atom is -0.478 e. The zero-order valence-electron chi connectivity index (χ0n) is 21.0. The number of rotatable bonds is 16. The van der Waals surface area contributed by atoms with Crippen molar-refractivity contribution in [1.29, 1.82) is 0 Å². The fraction of sp³-hybridized carbons (Fsp3) is 0.571. The van der Waals surface area contributed by atoms with Crippen molar-refractivity contribution in [3.05, 3.63) is 59.7 Å². The van der Waals surface area contributed by atoms with Crippen LogP contribution in [-0.2, 0) is 11.2 Å². The van der Waals surface area contributed by atoms with Gasteiger partial charge in [0.2, 0.25) is 0 Å². The van der Waals surface area contributed by atoms with E-state index in [4.69, 9.17) is 4.74 Å². The van der Waals surface area contributed by atoms with Gasteiger partial charge in [-0.1, -0.05) is 84.1 Å². The van der Waals surface area contributed by atoms with Crippen LogP contribution in [-0.4, -0.2) is 33.6 Å². The topological polar surface area (TPSA) is 89.4 Å². The number of carbonyl (C=O) groups is 2. The van der Waals surface area contributed by atoms with Gasteiger partial charge >= 0.3 is 11.9 Å². The van der Waals surface area contributed by atoms with Crippen LogP contribution < -0.4 is 0 Å². The molecule has 2 aromatic rings. The van der Waals surface area contributed by atoms with Crippen LogP contribution in [0.1, 0.15) is 117 Å². The Morgan fingerprint density at radius 2 is 1.38 bits per heavy atom.